The monoisotopic (exact) mass is 572 g/mol. The maximum Gasteiger partial charge on any atom is 0.242 e. The number of halogens is 1. The Bertz CT molecular complexity index is 1440. The molecule has 0 unspecified atom stereocenters. The molecule has 1 aliphatic rings. The zero-order chi connectivity index (χ0) is 28.2. The van der Waals surface area contributed by atoms with Gasteiger partial charge in [0.15, 0.2) is 5.82 Å². The van der Waals surface area contributed by atoms with Gasteiger partial charge in [-0.3, -0.25) is 4.79 Å². The molecule has 0 saturated carbocycles. The molecule has 4 rings (SSSR count). The summed E-state index contributed by atoms with van der Waals surface area (Å²) in [7, 11) is -2.35. The standard InChI is InChI=1S/C27H33ClN6O4S/c1-17(2)38-23-15-20(34-12-10-18(11-13-34)26(29)35)9-8-19(23)14-25-31-16-21(28)27(33-25)32-22-6-4-5-7-24(22)39(36,37)30-3/h4-9,15-18,30H,10-14H2,1-3H3,(H2,29,35)(H,31,32,33). The largest absolute Gasteiger partial charge is 0.491 e. The number of benzene rings is 2. The molecule has 3 aromatic rings. The van der Waals surface area contributed by atoms with Crippen LogP contribution in [0.15, 0.2) is 53.6 Å². The van der Waals surface area contributed by atoms with Crippen molar-refractivity contribution in [1.82, 2.24) is 14.7 Å². The van der Waals surface area contributed by atoms with Crippen LogP contribution in [0.4, 0.5) is 17.2 Å². The van der Waals surface area contributed by atoms with Gasteiger partial charge in [-0.1, -0.05) is 29.8 Å². The fourth-order valence-electron chi connectivity index (χ4n) is 4.46. The molecular weight excluding hydrogens is 540 g/mol. The molecule has 2 heterocycles. The number of hydrogen-bond donors (Lipinski definition) is 3. The Labute approximate surface area is 234 Å². The zero-order valence-corrected chi connectivity index (χ0v) is 23.7. The number of primary amides is 1. The number of piperidine rings is 1. The van der Waals surface area contributed by atoms with E-state index >= 15 is 0 Å². The molecule has 1 fully saturated rings. The van der Waals surface area contributed by atoms with Crippen molar-refractivity contribution >= 4 is 44.7 Å². The first-order chi connectivity index (χ1) is 18.6. The quantitative estimate of drug-likeness (QED) is 0.333. The van der Waals surface area contributed by atoms with Crippen molar-refractivity contribution < 1.29 is 17.9 Å². The van der Waals surface area contributed by atoms with Gasteiger partial charge < -0.3 is 20.7 Å². The third-order valence-corrected chi connectivity index (χ3v) is 8.27. The summed E-state index contributed by atoms with van der Waals surface area (Å²) in [5.41, 5.74) is 7.73. The van der Waals surface area contributed by atoms with Gasteiger partial charge in [-0.15, -0.1) is 0 Å². The lowest BCUT2D eigenvalue weighted by Crippen LogP contribution is -2.38. The predicted octanol–water partition coefficient (Wildman–Crippen LogP) is 3.86. The maximum absolute atomic E-state index is 12.5. The minimum atomic E-state index is -3.70. The molecule has 1 aromatic heterocycles. The number of nitrogens with two attached hydrogens (primary N) is 1. The number of para-hydroxylation sites is 1. The average Bonchev–Trinajstić information content (AvgIpc) is 2.91. The van der Waals surface area contributed by atoms with Crippen LogP contribution in [0.3, 0.4) is 0 Å². The van der Waals surface area contributed by atoms with Crippen LogP contribution in [-0.4, -0.2) is 50.5 Å². The van der Waals surface area contributed by atoms with Gasteiger partial charge in [-0.2, -0.15) is 0 Å². The van der Waals surface area contributed by atoms with Crippen LogP contribution in [0, 0.1) is 5.92 Å². The van der Waals surface area contributed by atoms with Crippen LogP contribution in [0.2, 0.25) is 5.02 Å². The number of anilines is 3. The molecule has 208 valence electrons. The molecule has 4 N–H and O–H groups in total. The zero-order valence-electron chi connectivity index (χ0n) is 22.1. The Kier molecular flexibility index (Phi) is 8.94. The molecule has 0 aliphatic carbocycles. The van der Waals surface area contributed by atoms with Crippen LogP contribution in [-0.2, 0) is 21.2 Å². The molecule has 10 nitrogen and oxygen atoms in total. The van der Waals surface area contributed by atoms with Crippen molar-refractivity contribution in [2.75, 3.05) is 30.4 Å². The van der Waals surface area contributed by atoms with E-state index < -0.39 is 10.0 Å². The fraction of sp³-hybridized carbons (Fsp3) is 0.370. The van der Waals surface area contributed by atoms with Gasteiger partial charge in [0.1, 0.15) is 21.5 Å². The molecular formula is C27H33ClN6O4S. The number of amides is 1. The maximum atomic E-state index is 12.5. The van der Waals surface area contributed by atoms with Gasteiger partial charge >= 0.3 is 0 Å². The normalized spacial score (nSPS) is 14.4. The van der Waals surface area contributed by atoms with E-state index in [1.54, 1.807) is 18.2 Å². The Morgan fingerprint density at radius 1 is 1.21 bits per heavy atom. The first-order valence-electron chi connectivity index (χ1n) is 12.7. The number of ether oxygens (including phenoxy) is 1. The number of aromatic nitrogens is 2. The van der Waals surface area contributed by atoms with Crippen LogP contribution in [0.1, 0.15) is 38.1 Å². The highest BCUT2D eigenvalue weighted by Crippen LogP contribution is 2.32. The fourth-order valence-corrected chi connectivity index (χ4v) is 5.48. The lowest BCUT2D eigenvalue weighted by Gasteiger charge is -2.32. The van der Waals surface area contributed by atoms with Gasteiger partial charge in [0.05, 0.1) is 18.0 Å². The van der Waals surface area contributed by atoms with Crippen LogP contribution in [0.25, 0.3) is 0 Å². The van der Waals surface area contributed by atoms with Gasteiger partial charge in [-0.05, 0) is 51.9 Å². The van der Waals surface area contributed by atoms with Crippen molar-refractivity contribution in [3.05, 3.63) is 65.1 Å². The van der Waals surface area contributed by atoms with Gasteiger partial charge in [0.2, 0.25) is 15.9 Å². The summed E-state index contributed by atoms with van der Waals surface area (Å²) in [5.74, 6) is 1.18. The summed E-state index contributed by atoms with van der Waals surface area (Å²) < 4.78 is 33.4. The highest BCUT2D eigenvalue weighted by molar-refractivity contribution is 7.89. The molecule has 0 atom stereocenters. The summed E-state index contributed by atoms with van der Waals surface area (Å²) in [6.45, 7) is 5.42. The third kappa shape index (κ3) is 6.97. The van der Waals surface area contributed by atoms with E-state index in [9.17, 15) is 13.2 Å². The van der Waals surface area contributed by atoms with E-state index in [0.29, 0.717) is 23.8 Å². The number of rotatable bonds is 10. The summed E-state index contributed by atoms with van der Waals surface area (Å²) in [6.07, 6.45) is 3.26. The van der Waals surface area contributed by atoms with Crippen molar-refractivity contribution in [2.24, 2.45) is 11.7 Å². The smallest absolute Gasteiger partial charge is 0.242 e. The van der Waals surface area contributed by atoms with Crippen molar-refractivity contribution in [3.63, 3.8) is 0 Å². The van der Waals surface area contributed by atoms with E-state index in [4.69, 9.17) is 22.1 Å². The third-order valence-electron chi connectivity index (χ3n) is 6.52. The van der Waals surface area contributed by atoms with E-state index in [2.05, 4.69) is 24.9 Å². The average molecular weight is 573 g/mol. The highest BCUT2D eigenvalue weighted by Gasteiger charge is 2.24. The van der Waals surface area contributed by atoms with Crippen molar-refractivity contribution in [2.45, 2.75) is 44.1 Å². The van der Waals surface area contributed by atoms with E-state index in [1.807, 2.05) is 32.0 Å². The van der Waals surface area contributed by atoms with Crippen LogP contribution in [0.5, 0.6) is 5.75 Å². The number of nitrogens with one attached hydrogen (secondary N) is 2. The Balaban J connectivity index is 1.59. The second-order valence-electron chi connectivity index (χ2n) is 9.61. The molecule has 39 heavy (non-hydrogen) atoms. The molecule has 0 bridgehead atoms. The topological polar surface area (TPSA) is 140 Å². The molecule has 0 spiro atoms. The summed E-state index contributed by atoms with van der Waals surface area (Å²) in [6, 6.07) is 12.5. The van der Waals surface area contributed by atoms with E-state index in [-0.39, 0.29) is 27.8 Å². The number of carbonyl (C=O) groups is 1. The second-order valence-corrected chi connectivity index (χ2v) is 11.9. The highest BCUT2D eigenvalue weighted by atomic mass is 35.5. The molecule has 1 saturated heterocycles. The molecule has 1 amide bonds. The summed E-state index contributed by atoms with van der Waals surface area (Å²) in [5, 5.41) is 3.30. The lowest BCUT2D eigenvalue weighted by atomic mass is 9.95. The number of carbonyl (C=O) groups excluding carboxylic acids is 1. The summed E-state index contributed by atoms with van der Waals surface area (Å²) in [4.78, 5) is 22.8. The Hall–Kier alpha value is -3.41. The number of hydrogen-bond acceptors (Lipinski definition) is 8. The van der Waals surface area contributed by atoms with Crippen LogP contribution < -0.4 is 25.4 Å². The lowest BCUT2D eigenvalue weighted by molar-refractivity contribution is -0.122. The minimum absolute atomic E-state index is 0.0476. The number of nitrogens with zero attached hydrogens (tertiary/aromatic N) is 3. The van der Waals surface area contributed by atoms with Gasteiger partial charge in [-0.25, -0.2) is 23.1 Å². The Morgan fingerprint density at radius 2 is 1.92 bits per heavy atom. The summed E-state index contributed by atoms with van der Waals surface area (Å²) >= 11 is 6.37. The van der Waals surface area contributed by atoms with Crippen LogP contribution >= 0.6 is 11.6 Å². The van der Waals surface area contributed by atoms with E-state index in [1.165, 1.54) is 19.3 Å². The molecule has 0 radical (unpaired) electrons. The molecule has 1 aliphatic heterocycles. The SMILES string of the molecule is CNS(=O)(=O)c1ccccc1Nc1nc(Cc2ccc(N3CCC(C(N)=O)CC3)cc2OC(C)C)ncc1Cl. The van der Waals surface area contributed by atoms with Gasteiger partial charge in [0.25, 0.3) is 0 Å². The first-order valence-corrected chi connectivity index (χ1v) is 14.6. The number of sulfonamides is 1. The molecule has 2 aromatic carbocycles. The first kappa shape index (κ1) is 28.6. The van der Waals surface area contributed by atoms with E-state index in [0.717, 1.165) is 42.9 Å². The molecule has 12 heteroatoms. The Morgan fingerprint density at radius 3 is 2.59 bits per heavy atom. The second kappa shape index (κ2) is 12.2. The van der Waals surface area contributed by atoms with Gasteiger partial charge in [0, 0.05) is 42.7 Å². The van der Waals surface area contributed by atoms with Crippen molar-refractivity contribution in [3.8, 4) is 5.75 Å². The minimum Gasteiger partial charge on any atom is -0.491 e. The van der Waals surface area contributed by atoms with Crippen molar-refractivity contribution in [1.29, 1.82) is 0 Å². The predicted molar refractivity (Wildman–Crippen MR) is 152 cm³/mol.